The summed E-state index contributed by atoms with van der Waals surface area (Å²) >= 11 is 7.53. The van der Waals surface area contributed by atoms with Crippen molar-refractivity contribution in [3.63, 3.8) is 0 Å². The van der Waals surface area contributed by atoms with Gasteiger partial charge in [-0.1, -0.05) is 12.1 Å². The van der Waals surface area contributed by atoms with E-state index in [-0.39, 0.29) is 6.04 Å². The fourth-order valence-corrected chi connectivity index (χ4v) is 4.41. The molecule has 1 aliphatic heterocycles. The van der Waals surface area contributed by atoms with Gasteiger partial charge in [0.1, 0.15) is 11.8 Å². The van der Waals surface area contributed by atoms with Crippen molar-refractivity contribution in [1.82, 2.24) is 9.47 Å². The predicted octanol–water partition coefficient (Wildman–Crippen LogP) is 4.36. The third-order valence-electron chi connectivity index (χ3n) is 4.43. The van der Waals surface area contributed by atoms with E-state index in [1.54, 1.807) is 18.4 Å². The van der Waals surface area contributed by atoms with Gasteiger partial charge in [-0.05, 0) is 47.9 Å². The van der Waals surface area contributed by atoms with Crippen molar-refractivity contribution in [2.75, 3.05) is 19.0 Å². The molecule has 4 nitrogen and oxygen atoms in total. The molecule has 0 saturated heterocycles. The van der Waals surface area contributed by atoms with Gasteiger partial charge in [0.05, 0.1) is 7.11 Å². The third kappa shape index (κ3) is 3.15. The maximum absolute atomic E-state index is 5.76. The van der Waals surface area contributed by atoms with Gasteiger partial charge in [0.25, 0.3) is 0 Å². The molecule has 0 aliphatic carbocycles. The van der Waals surface area contributed by atoms with Crippen molar-refractivity contribution >= 4 is 34.4 Å². The lowest BCUT2D eigenvalue weighted by atomic mass is 10.1. The second-order valence-electron chi connectivity index (χ2n) is 5.90. The van der Waals surface area contributed by atoms with Crippen LogP contribution in [-0.4, -0.2) is 28.2 Å². The van der Waals surface area contributed by atoms with E-state index in [1.165, 1.54) is 10.6 Å². The normalized spacial score (nSPS) is 16.4. The first-order valence-corrected chi connectivity index (χ1v) is 9.45. The molecule has 0 amide bonds. The number of thiophene rings is 1. The molecule has 0 spiro atoms. The minimum Gasteiger partial charge on any atom is -0.497 e. The summed E-state index contributed by atoms with van der Waals surface area (Å²) in [6.45, 7) is 1.81. The van der Waals surface area contributed by atoms with Crippen LogP contribution in [0.4, 0.5) is 5.69 Å². The molecule has 1 N–H and O–H groups in total. The Hall–Kier alpha value is -2.31. The van der Waals surface area contributed by atoms with Crippen LogP contribution in [0.25, 0.3) is 0 Å². The molecular weight excluding hydrogens is 350 g/mol. The van der Waals surface area contributed by atoms with Gasteiger partial charge in [-0.15, -0.1) is 11.3 Å². The lowest BCUT2D eigenvalue weighted by molar-refractivity contribution is 0.297. The highest BCUT2D eigenvalue weighted by molar-refractivity contribution is 7.80. The van der Waals surface area contributed by atoms with Crippen molar-refractivity contribution in [3.05, 3.63) is 70.7 Å². The average Bonchev–Trinajstić information content (AvgIpc) is 3.32. The van der Waals surface area contributed by atoms with E-state index in [9.17, 15) is 0 Å². The summed E-state index contributed by atoms with van der Waals surface area (Å²) in [6.07, 6.45) is 2.14. The molecular formula is C19H19N3OS2. The molecule has 0 bridgehead atoms. The van der Waals surface area contributed by atoms with Crippen LogP contribution in [0.5, 0.6) is 5.75 Å². The van der Waals surface area contributed by atoms with E-state index in [0.717, 1.165) is 29.6 Å². The number of anilines is 1. The summed E-state index contributed by atoms with van der Waals surface area (Å²) in [5.74, 6) is 0.815. The van der Waals surface area contributed by atoms with Gasteiger partial charge in [-0.25, -0.2) is 0 Å². The Labute approximate surface area is 156 Å². The number of nitrogens with one attached hydrogen (secondary N) is 1. The summed E-state index contributed by atoms with van der Waals surface area (Å²) in [6, 6.07) is 16.6. The Morgan fingerprint density at radius 1 is 1.20 bits per heavy atom. The lowest BCUT2D eigenvalue weighted by Gasteiger charge is -2.38. The van der Waals surface area contributed by atoms with Crippen LogP contribution in [-0.2, 0) is 6.54 Å². The minimum atomic E-state index is 0.148. The van der Waals surface area contributed by atoms with Crippen molar-refractivity contribution in [2.24, 2.45) is 0 Å². The van der Waals surface area contributed by atoms with Crippen LogP contribution < -0.4 is 10.1 Å². The Balaban J connectivity index is 1.62. The molecule has 25 heavy (non-hydrogen) atoms. The molecule has 4 rings (SSSR count). The molecule has 3 aromatic rings. The Bertz CT molecular complexity index is 872. The standard InChI is InChI=1S/C19H19N3OS2/c1-23-15-6-2-5-14(13-15)20-19(24)22-11-10-21-9-3-7-16(21)18(22)17-8-4-12-25-17/h2-9,12-13,18H,10-11H2,1H3,(H,20,24). The molecule has 0 fully saturated rings. The van der Waals surface area contributed by atoms with Crippen LogP contribution in [0.2, 0.25) is 0 Å². The minimum absolute atomic E-state index is 0.148. The number of ether oxygens (including phenoxy) is 1. The third-order valence-corrected chi connectivity index (χ3v) is 5.69. The number of benzene rings is 1. The monoisotopic (exact) mass is 369 g/mol. The quantitative estimate of drug-likeness (QED) is 0.695. The fraction of sp³-hybridized carbons (Fsp3) is 0.211. The first-order valence-electron chi connectivity index (χ1n) is 8.16. The summed E-state index contributed by atoms with van der Waals surface area (Å²) in [5.41, 5.74) is 2.22. The van der Waals surface area contributed by atoms with Crippen molar-refractivity contribution in [2.45, 2.75) is 12.6 Å². The number of fused-ring (bicyclic) bond motifs is 1. The van der Waals surface area contributed by atoms with Crippen LogP contribution in [0.1, 0.15) is 16.6 Å². The second-order valence-corrected chi connectivity index (χ2v) is 7.27. The molecule has 3 heterocycles. The topological polar surface area (TPSA) is 29.4 Å². The van der Waals surface area contributed by atoms with Crippen LogP contribution >= 0.6 is 23.6 Å². The molecule has 0 radical (unpaired) electrons. The van der Waals surface area contributed by atoms with E-state index in [0.29, 0.717) is 0 Å². The Kier molecular flexibility index (Phi) is 4.46. The van der Waals surface area contributed by atoms with Gasteiger partial charge in [-0.2, -0.15) is 0 Å². The van der Waals surface area contributed by atoms with E-state index in [4.69, 9.17) is 17.0 Å². The maximum atomic E-state index is 5.76. The molecule has 1 aliphatic rings. The van der Waals surface area contributed by atoms with E-state index >= 15 is 0 Å². The summed E-state index contributed by atoms with van der Waals surface area (Å²) in [7, 11) is 1.67. The van der Waals surface area contributed by atoms with Crippen molar-refractivity contribution < 1.29 is 4.74 Å². The predicted molar refractivity (Wildman–Crippen MR) is 107 cm³/mol. The molecule has 128 valence electrons. The number of methoxy groups -OCH3 is 1. The number of hydrogen-bond donors (Lipinski definition) is 1. The van der Waals surface area contributed by atoms with Crippen LogP contribution in [0, 0.1) is 0 Å². The number of aromatic nitrogens is 1. The van der Waals surface area contributed by atoms with E-state index in [2.05, 4.69) is 50.6 Å². The molecule has 2 aromatic heterocycles. The van der Waals surface area contributed by atoms with Gasteiger partial charge in [0.2, 0.25) is 0 Å². The van der Waals surface area contributed by atoms with Gasteiger partial charge < -0.3 is 19.5 Å². The van der Waals surface area contributed by atoms with Crippen LogP contribution in [0.3, 0.4) is 0 Å². The van der Waals surface area contributed by atoms with Crippen LogP contribution in [0.15, 0.2) is 60.1 Å². The van der Waals surface area contributed by atoms with Gasteiger partial charge in [-0.3, -0.25) is 0 Å². The number of nitrogens with zero attached hydrogens (tertiary/aromatic N) is 2. The zero-order valence-electron chi connectivity index (χ0n) is 13.9. The summed E-state index contributed by atoms with van der Waals surface area (Å²) in [5, 5.41) is 6.23. The molecule has 1 atom stereocenters. The summed E-state index contributed by atoms with van der Waals surface area (Å²) in [4.78, 5) is 3.57. The number of thiocarbonyl (C=S) groups is 1. The zero-order valence-corrected chi connectivity index (χ0v) is 15.5. The zero-order chi connectivity index (χ0) is 17.2. The largest absolute Gasteiger partial charge is 0.497 e. The maximum Gasteiger partial charge on any atom is 0.174 e. The van der Waals surface area contributed by atoms with Gasteiger partial charge in [0.15, 0.2) is 5.11 Å². The van der Waals surface area contributed by atoms with Crippen molar-refractivity contribution in [1.29, 1.82) is 0 Å². The number of hydrogen-bond acceptors (Lipinski definition) is 3. The Morgan fingerprint density at radius 3 is 2.92 bits per heavy atom. The first-order chi connectivity index (χ1) is 12.3. The lowest BCUT2D eigenvalue weighted by Crippen LogP contribution is -2.44. The van der Waals surface area contributed by atoms with E-state index < -0.39 is 0 Å². The highest BCUT2D eigenvalue weighted by Gasteiger charge is 2.31. The fourth-order valence-electron chi connectivity index (χ4n) is 3.24. The summed E-state index contributed by atoms with van der Waals surface area (Å²) < 4.78 is 7.61. The molecule has 6 heteroatoms. The van der Waals surface area contributed by atoms with Gasteiger partial charge >= 0.3 is 0 Å². The van der Waals surface area contributed by atoms with E-state index in [1.807, 2.05) is 24.3 Å². The Morgan fingerprint density at radius 2 is 2.12 bits per heavy atom. The smallest absolute Gasteiger partial charge is 0.174 e. The number of rotatable bonds is 3. The van der Waals surface area contributed by atoms with Crippen molar-refractivity contribution in [3.8, 4) is 5.75 Å². The SMILES string of the molecule is COc1cccc(NC(=S)N2CCn3cccc3C2c2cccs2)c1. The van der Waals surface area contributed by atoms with Gasteiger partial charge in [0, 0.05) is 41.6 Å². The first kappa shape index (κ1) is 16.2. The second kappa shape index (κ2) is 6.90. The molecule has 0 saturated carbocycles. The molecule has 1 aromatic carbocycles. The highest BCUT2D eigenvalue weighted by atomic mass is 32.1. The average molecular weight is 370 g/mol. The molecule has 1 unspecified atom stereocenters. The highest BCUT2D eigenvalue weighted by Crippen LogP contribution is 2.35.